The summed E-state index contributed by atoms with van der Waals surface area (Å²) in [5.74, 6) is -9.15. The molecule has 0 aliphatic carbocycles. The van der Waals surface area contributed by atoms with Crippen LogP contribution in [0.4, 0.5) is 4.79 Å². The number of aromatic amines is 1. The zero-order valence-electron chi connectivity index (χ0n) is 17.2. The number of carbonyl (C=O) groups is 2. The second-order valence-electron chi connectivity index (χ2n) is 9.44. The first-order chi connectivity index (χ1) is 16.4. The van der Waals surface area contributed by atoms with Crippen LogP contribution in [-0.4, -0.2) is 111 Å². The molecule has 8 N–H and O–H groups in total. The zero-order valence-corrected chi connectivity index (χ0v) is 17.2. The number of fused-ring (bicyclic) bond motifs is 9. The van der Waals surface area contributed by atoms with E-state index in [0.29, 0.717) is 4.90 Å². The van der Waals surface area contributed by atoms with Gasteiger partial charge in [-0.25, -0.2) is 9.59 Å². The SMILES string of the molecule is O=C1NC(=O)C(O)(O)[C@]23Oc4c5n(c(=O)[nH]c4=O)[C@@H]4O[C@@H]([C@@H](O)[C@H]4O)[C@@H]5[C@H]2[C@@H]2O[C@@H]([C@@H](O)[C@H]2O)N13. The van der Waals surface area contributed by atoms with Crippen LogP contribution < -0.4 is 21.3 Å². The van der Waals surface area contributed by atoms with Crippen molar-refractivity contribution < 1.29 is 54.4 Å². The Balaban J connectivity index is 1.61. The standard InChI is InChI=1S/C18H18N4O13/c23-4-6(25)12-21-3-1(8(4)33-12)2-9-5(24)7(26)13(34-9)22-16(30)20-14(28)18(31,32)17(2,22)35-10(3)11(27)19-15(21)29/h1-2,4-9,12-13,23-26,31-32H,(H,19,27,29)(H,20,28,30)/t1-,2+,4+,5-,6-,7+,8-,9+,12-,13+,17-/m1/s1. The minimum atomic E-state index is -3.60. The number of imide groups is 1. The number of nitrogens with one attached hydrogen (secondary N) is 2. The van der Waals surface area contributed by atoms with Gasteiger partial charge in [0.05, 0.1) is 23.8 Å². The molecule has 7 rings (SSSR count). The minimum Gasteiger partial charge on any atom is -0.453 e. The molecule has 0 unspecified atom stereocenters. The highest BCUT2D eigenvalue weighted by molar-refractivity contribution is 6.02. The Morgan fingerprint density at radius 3 is 2.20 bits per heavy atom. The van der Waals surface area contributed by atoms with E-state index in [2.05, 4.69) is 0 Å². The maximum Gasteiger partial charge on any atom is 0.331 e. The summed E-state index contributed by atoms with van der Waals surface area (Å²) in [6.07, 6.45) is -13.2. The Morgan fingerprint density at radius 1 is 0.857 bits per heavy atom. The van der Waals surface area contributed by atoms with E-state index >= 15 is 0 Å². The predicted molar refractivity (Wildman–Crippen MR) is 100 cm³/mol. The lowest BCUT2D eigenvalue weighted by atomic mass is 9.66. The molecule has 7 heterocycles. The predicted octanol–water partition coefficient (Wildman–Crippen LogP) is -6.35. The Morgan fingerprint density at radius 2 is 1.49 bits per heavy atom. The van der Waals surface area contributed by atoms with Crippen LogP contribution in [0.15, 0.2) is 9.59 Å². The van der Waals surface area contributed by atoms with Crippen LogP contribution >= 0.6 is 0 Å². The third-order valence-corrected chi connectivity index (χ3v) is 7.93. The molecule has 4 fully saturated rings. The van der Waals surface area contributed by atoms with E-state index < -0.39 is 101 Å². The van der Waals surface area contributed by atoms with Gasteiger partial charge in [0, 0.05) is 5.92 Å². The summed E-state index contributed by atoms with van der Waals surface area (Å²) in [7, 11) is 0. The van der Waals surface area contributed by atoms with E-state index in [9.17, 15) is 49.8 Å². The molecule has 0 radical (unpaired) electrons. The summed E-state index contributed by atoms with van der Waals surface area (Å²) in [6, 6.07) is -1.30. The Kier molecular flexibility index (Phi) is 3.71. The van der Waals surface area contributed by atoms with Crippen molar-refractivity contribution in [2.75, 3.05) is 0 Å². The molecule has 0 saturated carbocycles. The quantitative estimate of drug-likeness (QED) is 0.155. The lowest BCUT2D eigenvalue weighted by molar-refractivity contribution is -0.372. The number of rotatable bonds is 0. The van der Waals surface area contributed by atoms with Gasteiger partial charge in [-0.3, -0.25) is 29.4 Å². The highest BCUT2D eigenvalue weighted by atomic mass is 16.6. The highest BCUT2D eigenvalue weighted by Crippen LogP contribution is 2.62. The topological polar surface area (TPSA) is 253 Å². The van der Waals surface area contributed by atoms with E-state index in [4.69, 9.17) is 14.2 Å². The first kappa shape index (κ1) is 21.4. The average molecular weight is 498 g/mol. The molecule has 0 aromatic carbocycles. The number of aliphatic hydroxyl groups is 6. The van der Waals surface area contributed by atoms with Crippen molar-refractivity contribution >= 4 is 11.9 Å². The third-order valence-electron chi connectivity index (χ3n) is 7.93. The van der Waals surface area contributed by atoms with Gasteiger partial charge in [0.1, 0.15) is 24.4 Å². The monoisotopic (exact) mass is 498 g/mol. The second-order valence-corrected chi connectivity index (χ2v) is 9.44. The van der Waals surface area contributed by atoms with Crippen LogP contribution in [0.3, 0.4) is 0 Å². The van der Waals surface area contributed by atoms with Crippen molar-refractivity contribution in [3.63, 3.8) is 0 Å². The lowest BCUT2D eigenvalue weighted by Gasteiger charge is -2.62. The molecule has 4 bridgehead atoms. The van der Waals surface area contributed by atoms with Crippen molar-refractivity contribution in [3.05, 3.63) is 26.5 Å². The van der Waals surface area contributed by atoms with Gasteiger partial charge in [0.15, 0.2) is 12.5 Å². The summed E-state index contributed by atoms with van der Waals surface area (Å²) in [5.41, 5.74) is -5.35. The smallest absolute Gasteiger partial charge is 0.331 e. The fourth-order valence-corrected chi connectivity index (χ4v) is 6.57. The minimum absolute atomic E-state index is 0.240. The second kappa shape index (κ2) is 6.08. The molecule has 35 heavy (non-hydrogen) atoms. The molecular formula is C18H18N4O13. The lowest BCUT2D eigenvalue weighted by Crippen LogP contribution is -2.87. The molecule has 1 spiro atoms. The third kappa shape index (κ3) is 2.06. The number of aliphatic hydroxyl groups excluding tert-OH is 4. The summed E-state index contributed by atoms with van der Waals surface area (Å²) in [5, 5.41) is 66.7. The normalized spacial score (nSPS) is 48.0. The van der Waals surface area contributed by atoms with E-state index in [0.717, 1.165) is 4.57 Å². The first-order valence-corrected chi connectivity index (χ1v) is 10.6. The van der Waals surface area contributed by atoms with Gasteiger partial charge in [-0.05, 0) is 0 Å². The number of hydrogen-bond donors (Lipinski definition) is 8. The Hall–Kier alpha value is -2.90. The van der Waals surface area contributed by atoms with Gasteiger partial charge in [-0.1, -0.05) is 0 Å². The van der Waals surface area contributed by atoms with Crippen LogP contribution in [0, 0.1) is 5.92 Å². The molecule has 6 aliphatic heterocycles. The van der Waals surface area contributed by atoms with E-state index in [-0.39, 0.29) is 5.69 Å². The molecule has 17 heteroatoms. The van der Waals surface area contributed by atoms with Gasteiger partial charge < -0.3 is 44.8 Å². The first-order valence-electron chi connectivity index (χ1n) is 10.6. The number of hydrogen-bond acceptors (Lipinski definition) is 13. The number of H-pyrrole nitrogens is 1. The van der Waals surface area contributed by atoms with Crippen molar-refractivity contribution in [3.8, 4) is 5.75 Å². The van der Waals surface area contributed by atoms with Crippen molar-refractivity contribution in [1.29, 1.82) is 0 Å². The van der Waals surface area contributed by atoms with Gasteiger partial charge in [-0.2, -0.15) is 0 Å². The van der Waals surface area contributed by atoms with Gasteiger partial charge in [0.25, 0.3) is 17.2 Å². The van der Waals surface area contributed by atoms with E-state index in [1.54, 1.807) is 5.32 Å². The summed E-state index contributed by atoms with van der Waals surface area (Å²) < 4.78 is 18.0. The number of nitrogens with zero attached hydrogens (tertiary/aromatic N) is 2. The molecule has 188 valence electrons. The van der Waals surface area contributed by atoms with Gasteiger partial charge in [0.2, 0.25) is 5.75 Å². The Bertz CT molecular complexity index is 1320. The zero-order chi connectivity index (χ0) is 24.9. The summed E-state index contributed by atoms with van der Waals surface area (Å²) >= 11 is 0. The van der Waals surface area contributed by atoms with Crippen LogP contribution in [0.2, 0.25) is 0 Å². The number of urea groups is 1. The largest absolute Gasteiger partial charge is 0.453 e. The molecule has 1 aromatic rings. The van der Waals surface area contributed by atoms with Crippen molar-refractivity contribution in [2.45, 2.75) is 66.5 Å². The molecule has 11 atom stereocenters. The fraction of sp³-hybridized carbons (Fsp3) is 0.667. The average Bonchev–Trinajstić information content (AvgIpc) is 3.19. The van der Waals surface area contributed by atoms with Crippen LogP contribution in [0.5, 0.6) is 5.75 Å². The van der Waals surface area contributed by atoms with E-state index in [1.165, 1.54) is 0 Å². The Labute approximate surface area is 191 Å². The summed E-state index contributed by atoms with van der Waals surface area (Å²) in [4.78, 5) is 53.7. The number of ether oxygens (including phenoxy) is 3. The van der Waals surface area contributed by atoms with Crippen LogP contribution in [0.1, 0.15) is 17.8 Å². The maximum absolute atomic E-state index is 13.0. The maximum atomic E-state index is 13.0. The van der Waals surface area contributed by atoms with Crippen LogP contribution in [0.25, 0.3) is 0 Å². The highest BCUT2D eigenvalue weighted by Gasteiger charge is 2.82. The van der Waals surface area contributed by atoms with E-state index in [1.807, 2.05) is 4.98 Å². The fourth-order valence-electron chi connectivity index (χ4n) is 6.57. The van der Waals surface area contributed by atoms with Gasteiger partial charge >= 0.3 is 17.5 Å². The number of carbonyl (C=O) groups excluding carboxylic acids is 2. The molecule has 4 saturated heterocycles. The molecule has 1 aromatic heterocycles. The van der Waals surface area contributed by atoms with Gasteiger partial charge in [-0.15, -0.1) is 0 Å². The molecular weight excluding hydrogens is 480 g/mol. The van der Waals surface area contributed by atoms with Crippen molar-refractivity contribution in [2.24, 2.45) is 5.92 Å². The number of amides is 3. The molecule has 6 aliphatic rings. The molecule has 3 amide bonds. The molecule has 17 nitrogen and oxygen atoms in total. The summed E-state index contributed by atoms with van der Waals surface area (Å²) in [6.45, 7) is 0. The van der Waals surface area contributed by atoms with Crippen molar-refractivity contribution in [1.82, 2.24) is 19.8 Å². The van der Waals surface area contributed by atoms with Crippen LogP contribution in [-0.2, 0) is 14.3 Å². The number of aromatic nitrogens is 2.